The van der Waals surface area contributed by atoms with Crippen molar-refractivity contribution in [3.63, 3.8) is 0 Å². The van der Waals surface area contributed by atoms with Gasteiger partial charge in [0.1, 0.15) is 0 Å². The highest BCUT2D eigenvalue weighted by molar-refractivity contribution is 14.0. The predicted molar refractivity (Wildman–Crippen MR) is 136 cm³/mol. The Labute approximate surface area is 195 Å². The smallest absolute Gasteiger partial charge is 0.191 e. The fraction of sp³-hybridized carbons (Fsp3) is 0.524. The lowest BCUT2D eigenvalue weighted by Gasteiger charge is -2.32. The van der Waals surface area contributed by atoms with Crippen molar-refractivity contribution >= 4 is 52.1 Å². The summed E-state index contributed by atoms with van der Waals surface area (Å²) in [7, 11) is 5.81. The molecule has 2 N–H and O–H groups in total. The number of anilines is 2. The Hall–Kier alpha value is -1.55. The van der Waals surface area contributed by atoms with Gasteiger partial charge in [0.25, 0.3) is 0 Å². The molecule has 0 radical (unpaired) electrons. The Morgan fingerprint density at radius 1 is 1.17 bits per heavy atom. The summed E-state index contributed by atoms with van der Waals surface area (Å²) in [5.74, 6) is 1.64. The maximum Gasteiger partial charge on any atom is 0.191 e. The first kappa shape index (κ1) is 23.7. The lowest BCUT2D eigenvalue weighted by atomic mass is 9.99. The molecule has 29 heavy (non-hydrogen) atoms. The average Bonchev–Trinajstić information content (AvgIpc) is 3.19. The van der Waals surface area contributed by atoms with Crippen LogP contribution in [0.3, 0.4) is 0 Å². The summed E-state index contributed by atoms with van der Waals surface area (Å²) in [6.07, 6.45) is 2.58. The molecule has 6 nitrogen and oxygen atoms in total. The van der Waals surface area contributed by atoms with Crippen molar-refractivity contribution in [1.29, 1.82) is 0 Å². The number of aliphatic imine (C=N–C) groups is 1. The zero-order chi connectivity index (χ0) is 19.9. The zero-order valence-corrected chi connectivity index (χ0v) is 21.0. The Morgan fingerprint density at radius 3 is 2.41 bits per heavy atom. The number of hydrogen-bond donors (Lipinski definition) is 2. The number of nitrogens with one attached hydrogen (secondary N) is 2. The molecule has 1 saturated heterocycles. The molecule has 160 valence electrons. The lowest BCUT2D eigenvalue weighted by molar-refractivity contribution is 0.438. The average molecular weight is 529 g/mol. The molecule has 3 rings (SSSR count). The van der Waals surface area contributed by atoms with E-state index in [2.05, 4.69) is 62.1 Å². The summed E-state index contributed by atoms with van der Waals surface area (Å²) in [6, 6.07) is 8.89. The van der Waals surface area contributed by atoms with E-state index < -0.39 is 0 Å². The molecule has 1 aromatic carbocycles. The van der Waals surface area contributed by atoms with E-state index in [9.17, 15) is 0 Å². The van der Waals surface area contributed by atoms with Gasteiger partial charge in [-0.3, -0.25) is 4.99 Å². The first-order chi connectivity index (χ1) is 13.5. The molecule has 1 aliphatic rings. The van der Waals surface area contributed by atoms with E-state index in [4.69, 9.17) is 0 Å². The highest BCUT2D eigenvalue weighted by Gasteiger charge is 2.15. The van der Waals surface area contributed by atoms with Crippen LogP contribution in [0.15, 0.2) is 34.6 Å². The van der Waals surface area contributed by atoms with Crippen LogP contribution in [0.5, 0.6) is 0 Å². The number of aromatic nitrogens is 1. The summed E-state index contributed by atoms with van der Waals surface area (Å²) in [4.78, 5) is 13.4. The highest BCUT2D eigenvalue weighted by atomic mass is 127. The second-order valence-corrected chi connectivity index (χ2v) is 8.47. The Bertz CT molecular complexity index is 766. The number of hydrogen-bond acceptors (Lipinski definition) is 5. The Kier molecular flexibility index (Phi) is 9.48. The number of halogens is 1. The minimum Gasteiger partial charge on any atom is -0.372 e. The third-order valence-corrected chi connectivity index (χ3v) is 6.19. The predicted octanol–water partition coefficient (Wildman–Crippen LogP) is 3.93. The lowest BCUT2D eigenvalue weighted by Crippen LogP contribution is -2.36. The molecule has 1 fully saturated rings. The first-order valence-electron chi connectivity index (χ1n) is 9.95. The number of rotatable bonds is 6. The number of benzene rings is 1. The fourth-order valence-corrected chi connectivity index (χ4v) is 4.01. The summed E-state index contributed by atoms with van der Waals surface area (Å²) in [5, 5.41) is 9.81. The molecular formula is C21H33IN6S. The minimum atomic E-state index is 0. The van der Waals surface area contributed by atoms with Crippen molar-refractivity contribution in [2.75, 3.05) is 44.0 Å². The number of piperidine rings is 1. The minimum absolute atomic E-state index is 0. The second-order valence-electron chi connectivity index (χ2n) is 7.63. The van der Waals surface area contributed by atoms with Gasteiger partial charge in [0.15, 0.2) is 11.1 Å². The van der Waals surface area contributed by atoms with Crippen LogP contribution in [0.1, 0.15) is 31.0 Å². The van der Waals surface area contributed by atoms with E-state index in [1.54, 1.807) is 18.4 Å². The molecule has 8 heteroatoms. The van der Waals surface area contributed by atoms with Crippen LogP contribution in [0.25, 0.3) is 0 Å². The van der Waals surface area contributed by atoms with Crippen molar-refractivity contribution in [3.8, 4) is 0 Å². The van der Waals surface area contributed by atoms with Crippen LogP contribution in [-0.2, 0) is 13.1 Å². The summed E-state index contributed by atoms with van der Waals surface area (Å²) in [5.41, 5.74) is 3.61. The Morgan fingerprint density at radius 2 is 1.83 bits per heavy atom. The van der Waals surface area contributed by atoms with Crippen LogP contribution >= 0.6 is 35.3 Å². The summed E-state index contributed by atoms with van der Waals surface area (Å²) < 4.78 is 0. The molecule has 0 atom stereocenters. The maximum atomic E-state index is 4.59. The third kappa shape index (κ3) is 7.02. The van der Waals surface area contributed by atoms with E-state index in [1.165, 1.54) is 37.2 Å². The van der Waals surface area contributed by atoms with E-state index in [0.717, 1.165) is 29.2 Å². The molecule has 2 heterocycles. The maximum absolute atomic E-state index is 4.59. The summed E-state index contributed by atoms with van der Waals surface area (Å²) >= 11 is 1.65. The molecule has 0 aliphatic carbocycles. The first-order valence-corrected chi connectivity index (χ1v) is 10.8. The standard InChI is InChI=1S/C21H32N6S.HI/c1-16-9-11-27(12-10-16)19-7-5-17(6-8-19)13-23-20(22-2)24-14-18-15-28-21(25-18)26(3)4;/h5-8,15-16H,9-14H2,1-4H3,(H2,22,23,24);1H. The van der Waals surface area contributed by atoms with Crippen LogP contribution < -0.4 is 20.4 Å². The molecule has 1 aliphatic heterocycles. The topological polar surface area (TPSA) is 55.8 Å². The van der Waals surface area contributed by atoms with Crippen molar-refractivity contribution < 1.29 is 0 Å². The zero-order valence-electron chi connectivity index (χ0n) is 17.8. The van der Waals surface area contributed by atoms with Gasteiger partial charge in [0, 0.05) is 51.8 Å². The second kappa shape index (κ2) is 11.6. The van der Waals surface area contributed by atoms with E-state index in [1.807, 2.05) is 19.0 Å². The number of nitrogens with zero attached hydrogens (tertiary/aromatic N) is 4. The van der Waals surface area contributed by atoms with Gasteiger partial charge in [-0.25, -0.2) is 4.98 Å². The third-order valence-electron chi connectivity index (χ3n) is 5.13. The van der Waals surface area contributed by atoms with Gasteiger partial charge in [-0.05, 0) is 36.5 Å². The van der Waals surface area contributed by atoms with Gasteiger partial charge in [-0.1, -0.05) is 19.1 Å². The molecule has 0 unspecified atom stereocenters. The van der Waals surface area contributed by atoms with Gasteiger partial charge < -0.3 is 20.4 Å². The van der Waals surface area contributed by atoms with Gasteiger partial charge in [0.2, 0.25) is 0 Å². The van der Waals surface area contributed by atoms with E-state index in [0.29, 0.717) is 6.54 Å². The van der Waals surface area contributed by atoms with Crippen LogP contribution in [0.2, 0.25) is 0 Å². The SMILES string of the molecule is CN=C(NCc1ccc(N2CCC(C)CC2)cc1)NCc1csc(N(C)C)n1.I. The largest absolute Gasteiger partial charge is 0.372 e. The van der Waals surface area contributed by atoms with Crippen molar-refractivity contribution in [2.24, 2.45) is 10.9 Å². The van der Waals surface area contributed by atoms with Crippen LogP contribution in [0.4, 0.5) is 10.8 Å². The summed E-state index contributed by atoms with van der Waals surface area (Å²) in [6.45, 7) is 6.10. The quantitative estimate of drug-likeness (QED) is 0.338. The molecular weight excluding hydrogens is 495 g/mol. The number of thiazole rings is 1. The fourth-order valence-electron chi connectivity index (χ4n) is 3.25. The molecule has 0 spiro atoms. The highest BCUT2D eigenvalue weighted by Crippen LogP contribution is 2.23. The van der Waals surface area contributed by atoms with Crippen LogP contribution in [-0.4, -0.2) is 45.2 Å². The molecule has 0 saturated carbocycles. The van der Waals surface area contributed by atoms with E-state index >= 15 is 0 Å². The van der Waals surface area contributed by atoms with Gasteiger partial charge in [-0.2, -0.15) is 0 Å². The van der Waals surface area contributed by atoms with Crippen molar-refractivity contribution in [3.05, 3.63) is 40.9 Å². The van der Waals surface area contributed by atoms with Gasteiger partial charge >= 0.3 is 0 Å². The van der Waals surface area contributed by atoms with Gasteiger partial charge in [-0.15, -0.1) is 35.3 Å². The molecule has 0 amide bonds. The Balaban J connectivity index is 0.00000300. The van der Waals surface area contributed by atoms with Gasteiger partial charge in [0.05, 0.1) is 12.2 Å². The van der Waals surface area contributed by atoms with Crippen molar-refractivity contribution in [1.82, 2.24) is 15.6 Å². The van der Waals surface area contributed by atoms with E-state index in [-0.39, 0.29) is 24.0 Å². The van der Waals surface area contributed by atoms with Crippen molar-refractivity contribution in [2.45, 2.75) is 32.9 Å². The monoisotopic (exact) mass is 528 g/mol. The normalized spacial score (nSPS) is 15.0. The molecule has 2 aromatic rings. The molecule has 0 bridgehead atoms. The molecule has 1 aromatic heterocycles. The number of guanidine groups is 1. The van der Waals surface area contributed by atoms with Crippen LogP contribution in [0, 0.1) is 5.92 Å².